The van der Waals surface area contributed by atoms with E-state index in [0.29, 0.717) is 11.3 Å². The number of rotatable bonds is 4. The number of carbonyl (C=O) groups excluding carboxylic acids is 2. The molecule has 16 heavy (non-hydrogen) atoms. The van der Waals surface area contributed by atoms with Crippen molar-refractivity contribution in [3.05, 3.63) is 29.8 Å². The Balaban J connectivity index is 2.98. The van der Waals surface area contributed by atoms with Gasteiger partial charge in [0.15, 0.2) is 5.78 Å². The molecule has 0 aliphatic carbocycles. The van der Waals surface area contributed by atoms with Gasteiger partial charge in [-0.05, 0) is 12.1 Å². The molecule has 5 heteroatoms. The van der Waals surface area contributed by atoms with Gasteiger partial charge >= 0.3 is 0 Å². The van der Waals surface area contributed by atoms with Crippen LogP contribution in [0.2, 0.25) is 0 Å². The molecule has 1 rings (SSSR count). The van der Waals surface area contributed by atoms with Gasteiger partial charge in [0, 0.05) is 29.5 Å². The third-order valence-corrected chi connectivity index (χ3v) is 2.54. The van der Waals surface area contributed by atoms with E-state index in [-0.39, 0.29) is 17.4 Å². The van der Waals surface area contributed by atoms with Crippen molar-refractivity contribution in [1.29, 1.82) is 0 Å². The van der Waals surface area contributed by atoms with Crippen LogP contribution in [0.15, 0.2) is 24.3 Å². The average molecular weight is 239 g/mol. The molecule has 0 spiro atoms. The van der Waals surface area contributed by atoms with Crippen LogP contribution in [0.1, 0.15) is 17.3 Å². The Morgan fingerprint density at radius 3 is 2.50 bits per heavy atom. The van der Waals surface area contributed by atoms with Gasteiger partial charge in [0.25, 0.3) is 0 Å². The SMILES string of the molecule is CC(=O)Nc1ccccc1C(=O)CS(C)=O. The molecule has 1 unspecified atom stereocenters. The van der Waals surface area contributed by atoms with Gasteiger partial charge in [0.2, 0.25) is 5.91 Å². The van der Waals surface area contributed by atoms with Gasteiger partial charge in [-0.3, -0.25) is 13.8 Å². The monoisotopic (exact) mass is 239 g/mol. The van der Waals surface area contributed by atoms with Gasteiger partial charge in [-0.1, -0.05) is 12.1 Å². The summed E-state index contributed by atoms with van der Waals surface area (Å²) in [5.41, 5.74) is 0.860. The van der Waals surface area contributed by atoms with Crippen molar-refractivity contribution < 1.29 is 13.8 Å². The first kappa shape index (κ1) is 12.6. The molecule has 1 atom stereocenters. The second-order valence-electron chi connectivity index (χ2n) is 3.37. The number of carbonyl (C=O) groups is 2. The first-order chi connectivity index (χ1) is 7.50. The third-order valence-electron chi connectivity index (χ3n) is 1.87. The van der Waals surface area contributed by atoms with Crippen LogP contribution in [0, 0.1) is 0 Å². The Labute approximate surface area is 96.5 Å². The standard InChI is InChI=1S/C11H13NO3S/c1-8(13)12-10-6-4-3-5-9(10)11(14)7-16(2)15/h3-6H,7H2,1-2H3,(H,12,13). The zero-order valence-corrected chi connectivity index (χ0v) is 9.97. The summed E-state index contributed by atoms with van der Waals surface area (Å²) < 4.78 is 11.0. The van der Waals surface area contributed by atoms with Gasteiger partial charge in [-0.25, -0.2) is 0 Å². The van der Waals surface area contributed by atoms with Crippen LogP contribution in [-0.2, 0) is 15.6 Å². The predicted octanol–water partition coefficient (Wildman–Crippen LogP) is 1.21. The Kier molecular flexibility index (Phi) is 4.37. The molecule has 1 aromatic rings. The minimum Gasteiger partial charge on any atom is -0.326 e. The predicted molar refractivity (Wildman–Crippen MR) is 64.0 cm³/mol. The zero-order valence-electron chi connectivity index (χ0n) is 9.15. The summed E-state index contributed by atoms with van der Waals surface area (Å²) in [7, 11) is -1.18. The van der Waals surface area contributed by atoms with E-state index < -0.39 is 10.8 Å². The highest BCUT2D eigenvalue weighted by atomic mass is 32.2. The quantitative estimate of drug-likeness (QED) is 0.803. The van der Waals surface area contributed by atoms with Crippen molar-refractivity contribution in [2.24, 2.45) is 0 Å². The number of benzene rings is 1. The van der Waals surface area contributed by atoms with E-state index >= 15 is 0 Å². The lowest BCUT2D eigenvalue weighted by Gasteiger charge is -2.07. The van der Waals surface area contributed by atoms with Crippen LogP contribution in [-0.4, -0.2) is 27.9 Å². The molecule has 86 valence electrons. The lowest BCUT2D eigenvalue weighted by atomic mass is 10.1. The van der Waals surface area contributed by atoms with Gasteiger partial charge < -0.3 is 5.32 Å². The smallest absolute Gasteiger partial charge is 0.221 e. The van der Waals surface area contributed by atoms with E-state index in [0.717, 1.165) is 0 Å². The maximum Gasteiger partial charge on any atom is 0.221 e. The number of nitrogens with one attached hydrogen (secondary N) is 1. The third kappa shape index (κ3) is 3.58. The lowest BCUT2D eigenvalue weighted by molar-refractivity contribution is -0.114. The van der Waals surface area contributed by atoms with Crippen molar-refractivity contribution in [3.63, 3.8) is 0 Å². The molecule has 0 saturated heterocycles. The molecular formula is C11H13NO3S. The van der Waals surface area contributed by atoms with Crippen LogP contribution >= 0.6 is 0 Å². The fraction of sp³-hybridized carbons (Fsp3) is 0.273. The second-order valence-corrected chi connectivity index (χ2v) is 4.80. The van der Waals surface area contributed by atoms with Gasteiger partial charge in [-0.2, -0.15) is 0 Å². The summed E-state index contributed by atoms with van der Waals surface area (Å²) in [5, 5.41) is 2.57. The molecule has 0 saturated carbocycles. The van der Waals surface area contributed by atoms with Crippen molar-refractivity contribution in [2.75, 3.05) is 17.3 Å². The maximum absolute atomic E-state index is 11.7. The normalized spacial score (nSPS) is 11.9. The Morgan fingerprint density at radius 1 is 1.31 bits per heavy atom. The Bertz CT molecular complexity index is 443. The van der Waals surface area contributed by atoms with E-state index in [2.05, 4.69) is 5.32 Å². The van der Waals surface area contributed by atoms with Crippen LogP contribution in [0.3, 0.4) is 0 Å². The molecule has 1 N–H and O–H groups in total. The minimum absolute atomic E-state index is 0.0312. The van der Waals surface area contributed by atoms with Crippen molar-refractivity contribution in [1.82, 2.24) is 0 Å². The van der Waals surface area contributed by atoms with Crippen molar-refractivity contribution in [2.45, 2.75) is 6.92 Å². The molecule has 1 amide bonds. The number of amides is 1. The molecule has 1 aromatic carbocycles. The highest BCUT2D eigenvalue weighted by molar-refractivity contribution is 7.85. The summed E-state index contributed by atoms with van der Waals surface area (Å²) >= 11 is 0. The minimum atomic E-state index is -1.18. The lowest BCUT2D eigenvalue weighted by Crippen LogP contribution is -2.14. The molecule has 0 aliphatic heterocycles. The van der Waals surface area contributed by atoms with E-state index in [9.17, 15) is 13.8 Å². The van der Waals surface area contributed by atoms with E-state index in [1.165, 1.54) is 13.2 Å². The van der Waals surface area contributed by atoms with Crippen LogP contribution < -0.4 is 5.32 Å². The maximum atomic E-state index is 11.7. The highest BCUT2D eigenvalue weighted by Gasteiger charge is 2.12. The number of ketones is 1. The number of Topliss-reactive ketones (excluding diaryl/α,β-unsaturated/α-hetero) is 1. The molecule has 0 heterocycles. The van der Waals surface area contributed by atoms with Gasteiger partial charge in [0.05, 0.1) is 11.4 Å². The fourth-order valence-corrected chi connectivity index (χ4v) is 1.81. The van der Waals surface area contributed by atoms with E-state index in [1.54, 1.807) is 24.3 Å². The first-order valence-corrected chi connectivity index (χ1v) is 6.43. The Morgan fingerprint density at radius 2 is 1.94 bits per heavy atom. The first-order valence-electron chi connectivity index (χ1n) is 4.70. The number of para-hydroxylation sites is 1. The molecule has 0 aromatic heterocycles. The van der Waals surface area contributed by atoms with Crippen molar-refractivity contribution in [3.8, 4) is 0 Å². The summed E-state index contributed by atoms with van der Waals surface area (Å²) in [6, 6.07) is 6.69. The number of hydrogen-bond acceptors (Lipinski definition) is 3. The topological polar surface area (TPSA) is 63.2 Å². The molecule has 0 bridgehead atoms. The Hall–Kier alpha value is -1.49. The fourth-order valence-electron chi connectivity index (χ4n) is 1.29. The average Bonchev–Trinajstić information content (AvgIpc) is 2.16. The van der Waals surface area contributed by atoms with E-state index in [4.69, 9.17) is 0 Å². The zero-order chi connectivity index (χ0) is 12.1. The summed E-state index contributed by atoms with van der Waals surface area (Å²) in [6.45, 7) is 1.37. The second kappa shape index (κ2) is 5.55. The van der Waals surface area contributed by atoms with E-state index in [1.807, 2.05) is 0 Å². The molecule has 0 fully saturated rings. The van der Waals surface area contributed by atoms with Crippen LogP contribution in [0.25, 0.3) is 0 Å². The van der Waals surface area contributed by atoms with Gasteiger partial charge in [-0.15, -0.1) is 0 Å². The van der Waals surface area contributed by atoms with Gasteiger partial charge in [0.1, 0.15) is 0 Å². The summed E-state index contributed by atoms with van der Waals surface area (Å²) in [4.78, 5) is 22.6. The summed E-state index contributed by atoms with van der Waals surface area (Å²) in [6.07, 6.45) is 1.47. The van der Waals surface area contributed by atoms with Crippen LogP contribution in [0.4, 0.5) is 5.69 Å². The highest BCUT2D eigenvalue weighted by Crippen LogP contribution is 2.15. The molecule has 4 nitrogen and oxygen atoms in total. The number of anilines is 1. The van der Waals surface area contributed by atoms with Crippen molar-refractivity contribution >= 4 is 28.2 Å². The number of hydrogen-bond donors (Lipinski definition) is 1. The molecular weight excluding hydrogens is 226 g/mol. The largest absolute Gasteiger partial charge is 0.326 e. The molecule has 0 radical (unpaired) electrons. The summed E-state index contributed by atoms with van der Waals surface area (Å²) in [5.74, 6) is -0.501. The van der Waals surface area contributed by atoms with Crippen LogP contribution in [0.5, 0.6) is 0 Å². The molecule has 0 aliphatic rings.